The number of nitrogens with zero attached hydrogens (tertiary/aromatic N) is 4. The molecule has 2 aromatic heterocycles. The van der Waals surface area contributed by atoms with Gasteiger partial charge in [0.1, 0.15) is 0 Å². The zero-order valence-electron chi connectivity index (χ0n) is 7.06. The van der Waals surface area contributed by atoms with Crippen LogP contribution in [0.4, 0.5) is 0 Å². The SMILES string of the molecule is ClCc1cnc(-n2cc(Cl)cn2)nc1. The van der Waals surface area contributed by atoms with Crippen LogP contribution in [0.15, 0.2) is 24.8 Å². The third-order valence-electron chi connectivity index (χ3n) is 1.60. The summed E-state index contributed by atoms with van der Waals surface area (Å²) in [6, 6.07) is 0. The maximum absolute atomic E-state index is 5.71. The van der Waals surface area contributed by atoms with Crippen LogP contribution in [0, 0.1) is 0 Å². The summed E-state index contributed by atoms with van der Waals surface area (Å²) in [7, 11) is 0. The van der Waals surface area contributed by atoms with E-state index in [-0.39, 0.29) is 0 Å². The molecule has 2 aromatic rings. The van der Waals surface area contributed by atoms with Gasteiger partial charge in [-0.2, -0.15) is 5.10 Å². The van der Waals surface area contributed by atoms with Gasteiger partial charge in [0, 0.05) is 18.0 Å². The Kier molecular flexibility index (Phi) is 2.65. The first-order valence-corrected chi connectivity index (χ1v) is 4.78. The van der Waals surface area contributed by atoms with Gasteiger partial charge in [0.05, 0.1) is 23.3 Å². The van der Waals surface area contributed by atoms with Crippen molar-refractivity contribution in [3.8, 4) is 5.95 Å². The predicted octanol–water partition coefficient (Wildman–Crippen LogP) is 2.05. The van der Waals surface area contributed by atoms with Crippen molar-refractivity contribution in [2.75, 3.05) is 0 Å². The first kappa shape index (κ1) is 9.43. The summed E-state index contributed by atoms with van der Waals surface area (Å²) in [6.07, 6.45) is 6.48. The van der Waals surface area contributed by atoms with Gasteiger partial charge in [-0.25, -0.2) is 14.6 Å². The Morgan fingerprint density at radius 1 is 1.21 bits per heavy atom. The van der Waals surface area contributed by atoms with Crippen molar-refractivity contribution < 1.29 is 0 Å². The summed E-state index contributed by atoms with van der Waals surface area (Å²) >= 11 is 11.3. The van der Waals surface area contributed by atoms with E-state index in [0.29, 0.717) is 16.9 Å². The van der Waals surface area contributed by atoms with E-state index in [9.17, 15) is 0 Å². The Labute approximate surface area is 90.5 Å². The van der Waals surface area contributed by atoms with Gasteiger partial charge in [0.25, 0.3) is 0 Å². The monoisotopic (exact) mass is 228 g/mol. The van der Waals surface area contributed by atoms with Gasteiger partial charge in [-0.3, -0.25) is 0 Å². The normalized spacial score (nSPS) is 10.4. The summed E-state index contributed by atoms with van der Waals surface area (Å²) in [5.74, 6) is 0.880. The Morgan fingerprint density at radius 2 is 1.93 bits per heavy atom. The fourth-order valence-corrected chi connectivity index (χ4v) is 1.22. The molecule has 0 atom stereocenters. The van der Waals surface area contributed by atoms with E-state index in [1.807, 2.05) is 0 Å². The van der Waals surface area contributed by atoms with Crippen molar-refractivity contribution in [3.05, 3.63) is 35.4 Å². The smallest absolute Gasteiger partial charge is 0.219 e. The standard InChI is InChI=1S/C8H6Cl2N4/c9-1-6-2-11-8(12-3-6)14-5-7(10)4-13-14/h2-5H,1H2. The van der Waals surface area contributed by atoms with Gasteiger partial charge >= 0.3 is 0 Å². The molecule has 4 nitrogen and oxygen atoms in total. The number of hydrogen-bond donors (Lipinski definition) is 0. The van der Waals surface area contributed by atoms with Crippen LogP contribution in [-0.2, 0) is 5.88 Å². The minimum absolute atomic E-state index is 0.403. The van der Waals surface area contributed by atoms with Crippen LogP contribution in [0.3, 0.4) is 0 Å². The summed E-state index contributed by atoms with van der Waals surface area (Å²) in [5, 5.41) is 4.52. The van der Waals surface area contributed by atoms with Crippen LogP contribution in [0.1, 0.15) is 5.56 Å². The van der Waals surface area contributed by atoms with Crippen molar-refractivity contribution in [1.82, 2.24) is 19.7 Å². The zero-order valence-corrected chi connectivity index (χ0v) is 8.57. The summed E-state index contributed by atoms with van der Waals surface area (Å²) < 4.78 is 1.50. The molecule has 0 bridgehead atoms. The molecule has 0 unspecified atom stereocenters. The van der Waals surface area contributed by atoms with Crippen LogP contribution in [0.2, 0.25) is 5.02 Å². The van der Waals surface area contributed by atoms with Gasteiger partial charge in [0.15, 0.2) is 0 Å². The van der Waals surface area contributed by atoms with E-state index in [1.54, 1.807) is 18.6 Å². The number of aromatic nitrogens is 4. The lowest BCUT2D eigenvalue weighted by atomic mass is 10.4. The van der Waals surface area contributed by atoms with E-state index >= 15 is 0 Å². The lowest BCUT2D eigenvalue weighted by Crippen LogP contribution is -2.01. The van der Waals surface area contributed by atoms with Gasteiger partial charge < -0.3 is 0 Å². The van der Waals surface area contributed by atoms with Gasteiger partial charge in [-0.1, -0.05) is 11.6 Å². The maximum Gasteiger partial charge on any atom is 0.250 e. The van der Waals surface area contributed by atoms with E-state index in [2.05, 4.69) is 15.1 Å². The molecule has 0 aliphatic carbocycles. The Hall–Kier alpha value is -1.13. The molecular formula is C8H6Cl2N4. The van der Waals surface area contributed by atoms with E-state index < -0.39 is 0 Å². The third kappa shape index (κ3) is 1.86. The molecule has 0 saturated heterocycles. The second kappa shape index (κ2) is 3.94. The minimum Gasteiger partial charge on any atom is -0.219 e. The van der Waals surface area contributed by atoms with Crippen molar-refractivity contribution in [3.63, 3.8) is 0 Å². The first-order chi connectivity index (χ1) is 6.79. The highest BCUT2D eigenvalue weighted by Crippen LogP contribution is 2.08. The first-order valence-electron chi connectivity index (χ1n) is 3.87. The summed E-state index contributed by atoms with van der Waals surface area (Å²) in [4.78, 5) is 8.16. The molecule has 0 amide bonds. The fourth-order valence-electron chi connectivity index (χ4n) is 0.945. The molecule has 14 heavy (non-hydrogen) atoms. The van der Waals surface area contributed by atoms with Crippen molar-refractivity contribution in [1.29, 1.82) is 0 Å². The molecule has 0 radical (unpaired) electrons. The molecule has 6 heteroatoms. The van der Waals surface area contributed by atoms with Gasteiger partial charge in [-0.05, 0) is 0 Å². The Morgan fingerprint density at radius 3 is 2.43 bits per heavy atom. The summed E-state index contributed by atoms with van der Waals surface area (Å²) in [6.45, 7) is 0. The predicted molar refractivity (Wildman–Crippen MR) is 53.7 cm³/mol. The average Bonchev–Trinajstić information content (AvgIpc) is 2.65. The minimum atomic E-state index is 0.403. The molecule has 0 aliphatic rings. The molecule has 72 valence electrons. The molecular weight excluding hydrogens is 223 g/mol. The second-order valence-corrected chi connectivity index (χ2v) is 3.33. The number of rotatable bonds is 2. The molecule has 0 fully saturated rings. The Bertz CT molecular complexity index is 423. The number of alkyl halides is 1. The molecule has 0 saturated carbocycles. The fraction of sp³-hybridized carbons (Fsp3) is 0.125. The average molecular weight is 229 g/mol. The highest BCUT2D eigenvalue weighted by Gasteiger charge is 2.01. The van der Waals surface area contributed by atoms with Crippen LogP contribution in [0.25, 0.3) is 5.95 Å². The topological polar surface area (TPSA) is 43.6 Å². The van der Waals surface area contributed by atoms with Crippen molar-refractivity contribution >= 4 is 23.2 Å². The highest BCUT2D eigenvalue weighted by atomic mass is 35.5. The third-order valence-corrected chi connectivity index (χ3v) is 2.11. The number of hydrogen-bond acceptors (Lipinski definition) is 3. The van der Waals surface area contributed by atoms with E-state index in [0.717, 1.165) is 5.56 Å². The lowest BCUT2D eigenvalue weighted by Gasteiger charge is -1.98. The van der Waals surface area contributed by atoms with Crippen LogP contribution in [0.5, 0.6) is 0 Å². The second-order valence-electron chi connectivity index (χ2n) is 2.63. The highest BCUT2D eigenvalue weighted by molar-refractivity contribution is 6.30. The van der Waals surface area contributed by atoms with Gasteiger partial charge in [-0.15, -0.1) is 11.6 Å². The lowest BCUT2D eigenvalue weighted by molar-refractivity contribution is 0.804. The Balaban J connectivity index is 2.33. The molecule has 0 aliphatic heterocycles. The molecule has 2 rings (SSSR count). The quantitative estimate of drug-likeness (QED) is 0.740. The van der Waals surface area contributed by atoms with E-state index in [4.69, 9.17) is 23.2 Å². The molecule has 2 heterocycles. The van der Waals surface area contributed by atoms with Gasteiger partial charge in [0.2, 0.25) is 5.95 Å². The maximum atomic E-state index is 5.71. The van der Waals surface area contributed by atoms with Crippen molar-refractivity contribution in [2.45, 2.75) is 5.88 Å². The van der Waals surface area contributed by atoms with Crippen LogP contribution >= 0.6 is 23.2 Å². The molecule has 0 aromatic carbocycles. The van der Waals surface area contributed by atoms with E-state index in [1.165, 1.54) is 10.9 Å². The largest absolute Gasteiger partial charge is 0.250 e. The summed E-state index contributed by atoms with van der Waals surface area (Å²) in [5.41, 5.74) is 0.869. The zero-order chi connectivity index (χ0) is 9.97. The molecule has 0 spiro atoms. The number of halogens is 2. The van der Waals surface area contributed by atoms with Crippen LogP contribution in [-0.4, -0.2) is 19.7 Å². The molecule has 0 N–H and O–H groups in total. The van der Waals surface area contributed by atoms with Crippen LogP contribution < -0.4 is 0 Å². The van der Waals surface area contributed by atoms with Crippen molar-refractivity contribution in [2.24, 2.45) is 0 Å².